The Morgan fingerprint density at radius 3 is 2.48 bits per heavy atom. The van der Waals surface area contributed by atoms with Gasteiger partial charge in [-0.2, -0.15) is 0 Å². The first-order valence-electron chi connectivity index (χ1n) is 11.2. The molecular weight excluding hydrogens is 410 g/mol. The van der Waals surface area contributed by atoms with Crippen molar-refractivity contribution in [1.82, 2.24) is 14.8 Å². The third kappa shape index (κ3) is 4.22. The summed E-state index contributed by atoms with van der Waals surface area (Å²) in [6.45, 7) is 1.10. The van der Waals surface area contributed by atoms with Crippen LogP contribution in [-0.4, -0.2) is 29.2 Å². The van der Waals surface area contributed by atoms with Crippen molar-refractivity contribution in [2.45, 2.75) is 19.0 Å². The van der Waals surface area contributed by atoms with Gasteiger partial charge in [0.1, 0.15) is 5.75 Å². The van der Waals surface area contributed by atoms with E-state index in [1.54, 1.807) is 7.11 Å². The van der Waals surface area contributed by atoms with Crippen molar-refractivity contribution in [3.05, 3.63) is 120 Å². The van der Waals surface area contributed by atoms with Crippen LogP contribution in [0.5, 0.6) is 5.75 Å². The average Bonchev–Trinajstić information content (AvgIpc) is 3.29. The predicted octanol–water partition coefficient (Wildman–Crippen LogP) is 5.34. The lowest BCUT2D eigenvalue weighted by atomic mass is 10.0. The van der Waals surface area contributed by atoms with Crippen molar-refractivity contribution >= 4 is 6.03 Å². The number of urea groups is 1. The van der Waals surface area contributed by atoms with E-state index in [2.05, 4.69) is 46.4 Å². The average molecular weight is 438 g/mol. The minimum absolute atomic E-state index is 0.0730. The Morgan fingerprint density at radius 1 is 0.939 bits per heavy atom. The first-order chi connectivity index (χ1) is 16.2. The molecule has 1 atom stereocenters. The lowest BCUT2D eigenvalue weighted by Crippen LogP contribution is -2.42. The summed E-state index contributed by atoms with van der Waals surface area (Å²) in [7, 11) is 1.66. The number of benzene rings is 3. The smallest absolute Gasteiger partial charge is 0.318 e. The van der Waals surface area contributed by atoms with Gasteiger partial charge in [0.25, 0.3) is 0 Å². The van der Waals surface area contributed by atoms with Crippen LogP contribution in [0.1, 0.15) is 28.4 Å². The molecular formula is C28H27N3O2. The molecule has 0 aliphatic carbocycles. The third-order valence-corrected chi connectivity index (χ3v) is 6.19. The topological polar surface area (TPSA) is 46.5 Å². The molecule has 1 N–H and O–H groups in total. The van der Waals surface area contributed by atoms with E-state index in [1.165, 1.54) is 5.56 Å². The highest BCUT2D eigenvalue weighted by Gasteiger charge is 2.32. The Bertz CT molecular complexity index is 1230. The zero-order valence-electron chi connectivity index (χ0n) is 18.6. The summed E-state index contributed by atoms with van der Waals surface area (Å²) in [4.78, 5) is 15.5. The zero-order chi connectivity index (χ0) is 22.6. The van der Waals surface area contributed by atoms with Crippen LogP contribution < -0.4 is 10.1 Å². The molecule has 0 radical (unpaired) electrons. The third-order valence-electron chi connectivity index (χ3n) is 6.19. The number of ether oxygens (including phenoxy) is 1. The predicted molar refractivity (Wildman–Crippen MR) is 130 cm³/mol. The molecule has 5 rings (SSSR count). The molecule has 0 bridgehead atoms. The van der Waals surface area contributed by atoms with E-state index in [0.29, 0.717) is 13.1 Å². The van der Waals surface area contributed by atoms with E-state index in [4.69, 9.17) is 4.74 Å². The van der Waals surface area contributed by atoms with Gasteiger partial charge in [-0.3, -0.25) is 0 Å². The van der Waals surface area contributed by atoms with Gasteiger partial charge >= 0.3 is 6.03 Å². The number of methoxy groups -OCH3 is 1. The maximum Gasteiger partial charge on any atom is 0.318 e. The molecule has 0 saturated carbocycles. The number of amides is 2. The van der Waals surface area contributed by atoms with E-state index < -0.39 is 0 Å². The molecule has 0 spiro atoms. The standard InChI is InChI=1S/C28H27N3O2/c1-33-24-15-13-22(14-16-24)27-26-12-7-19-30(26)25-11-6-5-10-23(25)20-31(27)28(32)29-18-17-21-8-3-2-4-9-21/h2-16,19,27H,17-18,20H2,1H3,(H,29,32)/t27-/m0/s1. The molecule has 2 amide bonds. The van der Waals surface area contributed by atoms with Gasteiger partial charge < -0.3 is 19.5 Å². The van der Waals surface area contributed by atoms with Crippen molar-refractivity contribution in [2.24, 2.45) is 0 Å². The van der Waals surface area contributed by atoms with Crippen LogP contribution in [0, 0.1) is 0 Å². The summed E-state index contributed by atoms with van der Waals surface area (Å²) in [5, 5.41) is 3.16. The zero-order valence-corrected chi connectivity index (χ0v) is 18.6. The van der Waals surface area contributed by atoms with E-state index in [-0.39, 0.29) is 12.1 Å². The molecule has 5 heteroatoms. The molecule has 1 aliphatic heterocycles. The van der Waals surface area contributed by atoms with Crippen molar-refractivity contribution in [2.75, 3.05) is 13.7 Å². The highest BCUT2D eigenvalue weighted by Crippen LogP contribution is 2.37. The second-order valence-corrected chi connectivity index (χ2v) is 8.20. The lowest BCUT2D eigenvalue weighted by molar-refractivity contribution is 0.180. The summed E-state index contributed by atoms with van der Waals surface area (Å²) in [6.07, 6.45) is 2.86. The Hall–Kier alpha value is -3.99. The summed E-state index contributed by atoms with van der Waals surface area (Å²) in [5.74, 6) is 0.796. The van der Waals surface area contributed by atoms with Gasteiger partial charge in [0, 0.05) is 18.4 Å². The molecule has 166 valence electrons. The SMILES string of the molecule is COc1ccc([C@H]2c3cccn3-c3ccccc3CN2C(=O)NCCc2ccccc2)cc1. The number of rotatable bonds is 5. The number of carbonyl (C=O) groups excluding carboxylic acids is 1. The molecule has 0 unspecified atom stereocenters. The molecule has 3 aromatic carbocycles. The number of carbonyl (C=O) groups is 1. The quantitative estimate of drug-likeness (QED) is 0.458. The first kappa shape index (κ1) is 20.9. The fourth-order valence-corrected chi connectivity index (χ4v) is 4.54. The fourth-order valence-electron chi connectivity index (χ4n) is 4.54. The van der Waals surface area contributed by atoms with E-state index in [9.17, 15) is 4.79 Å². The second kappa shape index (κ2) is 9.25. The van der Waals surface area contributed by atoms with Crippen molar-refractivity contribution in [3.8, 4) is 11.4 Å². The van der Waals surface area contributed by atoms with Crippen molar-refractivity contribution in [3.63, 3.8) is 0 Å². The van der Waals surface area contributed by atoms with Crippen LogP contribution in [0.4, 0.5) is 4.79 Å². The molecule has 2 heterocycles. The van der Waals surface area contributed by atoms with E-state index >= 15 is 0 Å². The van der Waals surface area contributed by atoms with Crippen LogP contribution in [0.25, 0.3) is 5.69 Å². The second-order valence-electron chi connectivity index (χ2n) is 8.20. The monoisotopic (exact) mass is 437 g/mol. The number of fused-ring (bicyclic) bond motifs is 3. The Kier molecular flexibility index (Phi) is 5.85. The number of nitrogens with one attached hydrogen (secondary N) is 1. The Balaban J connectivity index is 1.49. The van der Waals surface area contributed by atoms with Crippen LogP contribution in [0.2, 0.25) is 0 Å². The summed E-state index contributed by atoms with van der Waals surface area (Å²) < 4.78 is 7.55. The van der Waals surface area contributed by atoms with E-state index in [0.717, 1.165) is 34.7 Å². The van der Waals surface area contributed by atoms with E-state index in [1.807, 2.05) is 65.6 Å². The minimum Gasteiger partial charge on any atom is -0.497 e. The molecule has 0 fully saturated rings. The van der Waals surface area contributed by atoms with Gasteiger partial charge in [0.2, 0.25) is 0 Å². The van der Waals surface area contributed by atoms with Gasteiger partial charge in [-0.25, -0.2) is 4.79 Å². The van der Waals surface area contributed by atoms with Crippen LogP contribution >= 0.6 is 0 Å². The van der Waals surface area contributed by atoms with Crippen LogP contribution in [0.15, 0.2) is 97.2 Å². The lowest BCUT2D eigenvalue weighted by Gasteiger charge is -2.31. The molecule has 4 aromatic rings. The number of nitrogens with zero attached hydrogens (tertiary/aromatic N) is 2. The van der Waals surface area contributed by atoms with Gasteiger partial charge in [-0.05, 0) is 53.4 Å². The molecule has 1 aliphatic rings. The normalized spacial score (nSPS) is 14.7. The van der Waals surface area contributed by atoms with Crippen LogP contribution in [0.3, 0.4) is 0 Å². The van der Waals surface area contributed by atoms with Crippen LogP contribution in [-0.2, 0) is 13.0 Å². The highest BCUT2D eigenvalue weighted by atomic mass is 16.5. The maximum absolute atomic E-state index is 13.6. The van der Waals surface area contributed by atoms with Gasteiger partial charge in [0.15, 0.2) is 0 Å². The first-order valence-corrected chi connectivity index (χ1v) is 11.2. The number of hydrogen-bond acceptors (Lipinski definition) is 2. The fraction of sp³-hybridized carbons (Fsp3) is 0.179. The summed E-state index contributed by atoms with van der Waals surface area (Å²) in [5.41, 5.74) is 5.53. The number of aromatic nitrogens is 1. The van der Waals surface area contributed by atoms with Gasteiger partial charge in [0.05, 0.1) is 25.4 Å². The Labute approximate surface area is 194 Å². The Morgan fingerprint density at radius 2 is 1.70 bits per heavy atom. The summed E-state index contributed by atoms with van der Waals surface area (Å²) in [6, 6.07) is 30.3. The largest absolute Gasteiger partial charge is 0.497 e. The molecule has 0 saturated heterocycles. The summed E-state index contributed by atoms with van der Waals surface area (Å²) >= 11 is 0. The van der Waals surface area contributed by atoms with Gasteiger partial charge in [-0.1, -0.05) is 60.7 Å². The van der Waals surface area contributed by atoms with Crippen molar-refractivity contribution < 1.29 is 9.53 Å². The number of hydrogen-bond donors (Lipinski definition) is 1. The molecule has 33 heavy (non-hydrogen) atoms. The maximum atomic E-state index is 13.6. The highest BCUT2D eigenvalue weighted by molar-refractivity contribution is 5.76. The molecule has 5 nitrogen and oxygen atoms in total. The van der Waals surface area contributed by atoms with Gasteiger partial charge in [-0.15, -0.1) is 0 Å². The minimum atomic E-state index is -0.227. The van der Waals surface area contributed by atoms with Crippen molar-refractivity contribution in [1.29, 1.82) is 0 Å². The molecule has 1 aromatic heterocycles. The number of para-hydroxylation sites is 1.